The smallest absolute Gasteiger partial charge is 0.257 e. The zero-order valence-corrected chi connectivity index (χ0v) is 14.6. The number of benzene rings is 1. The zero-order valence-electron chi connectivity index (χ0n) is 14.6. The van der Waals surface area contributed by atoms with Gasteiger partial charge in [-0.15, -0.1) is 0 Å². The van der Waals surface area contributed by atoms with Gasteiger partial charge >= 0.3 is 0 Å². The molecule has 0 radical (unpaired) electrons. The summed E-state index contributed by atoms with van der Waals surface area (Å²) in [4.78, 5) is 30.8. The van der Waals surface area contributed by atoms with Crippen molar-refractivity contribution < 1.29 is 19.1 Å². The van der Waals surface area contributed by atoms with Crippen LogP contribution in [0, 0.1) is 0 Å². The van der Waals surface area contributed by atoms with Gasteiger partial charge in [0.2, 0.25) is 5.91 Å². The Balaban J connectivity index is 1.51. The predicted molar refractivity (Wildman–Crippen MR) is 92.7 cm³/mol. The van der Waals surface area contributed by atoms with Crippen LogP contribution in [0.15, 0.2) is 24.3 Å². The Labute approximate surface area is 148 Å². The summed E-state index contributed by atoms with van der Waals surface area (Å²) in [5.41, 5.74) is 0.586. The molecule has 2 heterocycles. The number of morpholine rings is 1. The van der Waals surface area contributed by atoms with Gasteiger partial charge in [-0.2, -0.15) is 0 Å². The van der Waals surface area contributed by atoms with Crippen LogP contribution in [-0.2, 0) is 9.53 Å². The summed E-state index contributed by atoms with van der Waals surface area (Å²) in [7, 11) is 1.57. The van der Waals surface area contributed by atoms with Gasteiger partial charge in [0.15, 0.2) is 0 Å². The van der Waals surface area contributed by atoms with Crippen molar-refractivity contribution in [2.75, 3.05) is 66.1 Å². The SMILES string of the molecule is COc1ccccc1C(=O)N1CCN(CC(=O)N2CCOCC2)CC1. The standard InChI is InChI=1S/C18H25N3O4/c1-24-16-5-3-2-4-15(16)18(23)21-8-6-19(7-9-21)14-17(22)20-10-12-25-13-11-20/h2-5H,6-14H2,1H3. The number of ether oxygens (including phenoxy) is 2. The molecular formula is C18H25N3O4. The van der Waals surface area contributed by atoms with E-state index in [-0.39, 0.29) is 11.8 Å². The fourth-order valence-corrected chi connectivity index (χ4v) is 3.20. The first-order chi connectivity index (χ1) is 12.2. The minimum atomic E-state index is -0.0170. The molecule has 1 aromatic carbocycles. The fourth-order valence-electron chi connectivity index (χ4n) is 3.20. The van der Waals surface area contributed by atoms with E-state index in [2.05, 4.69) is 4.90 Å². The third-order valence-corrected chi connectivity index (χ3v) is 4.72. The number of hydrogen-bond donors (Lipinski definition) is 0. The summed E-state index contributed by atoms with van der Waals surface area (Å²) in [5.74, 6) is 0.724. The summed E-state index contributed by atoms with van der Waals surface area (Å²) in [6.45, 7) is 5.64. The van der Waals surface area contributed by atoms with Crippen LogP contribution in [0.25, 0.3) is 0 Å². The zero-order chi connectivity index (χ0) is 17.6. The van der Waals surface area contributed by atoms with Crippen molar-refractivity contribution in [2.45, 2.75) is 0 Å². The Hall–Kier alpha value is -2.12. The molecule has 0 bridgehead atoms. The van der Waals surface area contributed by atoms with E-state index >= 15 is 0 Å². The van der Waals surface area contributed by atoms with E-state index in [4.69, 9.17) is 9.47 Å². The lowest BCUT2D eigenvalue weighted by atomic mass is 10.1. The summed E-state index contributed by atoms with van der Waals surface area (Å²) in [6.07, 6.45) is 0. The average molecular weight is 347 g/mol. The minimum absolute atomic E-state index is 0.0170. The highest BCUT2D eigenvalue weighted by Gasteiger charge is 2.26. The molecule has 2 amide bonds. The van der Waals surface area contributed by atoms with Gasteiger partial charge in [-0.3, -0.25) is 14.5 Å². The second-order valence-electron chi connectivity index (χ2n) is 6.26. The fraction of sp³-hybridized carbons (Fsp3) is 0.556. The van der Waals surface area contributed by atoms with Gasteiger partial charge in [-0.1, -0.05) is 12.1 Å². The van der Waals surface area contributed by atoms with Gasteiger partial charge in [-0.25, -0.2) is 0 Å². The van der Waals surface area contributed by atoms with Crippen LogP contribution in [0.2, 0.25) is 0 Å². The lowest BCUT2D eigenvalue weighted by molar-refractivity contribution is -0.136. The van der Waals surface area contributed by atoms with Crippen LogP contribution < -0.4 is 4.74 Å². The van der Waals surface area contributed by atoms with E-state index in [1.807, 2.05) is 21.9 Å². The van der Waals surface area contributed by atoms with Gasteiger partial charge in [0.25, 0.3) is 5.91 Å². The molecule has 7 nitrogen and oxygen atoms in total. The highest BCUT2D eigenvalue weighted by atomic mass is 16.5. The van der Waals surface area contributed by atoms with Crippen LogP contribution in [-0.4, -0.2) is 92.7 Å². The largest absolute Gasteiger partial charge is 0.496 e. The molecule has 0 atom stereocenters. The molecule has 0 aliphatic carbocycles. The van der Waals surface area contributed by atoms with Gasteiger partial charge in [0.05, 0.1) is 32.4 Å². The number of rotatable bonds is 4. The van der Waals surface area contributed by atoms with E-state index in [1.54, 1.807) is 19.2 Å². The molecule has 0 N–H and O–H groups in total. The Bertz CT molecular complexity index is 608. The van der Waals surface area contributed by atoms with Crippen LogP contribution in [0.3, 0.4) is 0 Å². The number of carbonyl (C=O) groups is 2. The number of carbonyl (C=O) groups excluding carboxylic acids is 2. The maximum Gasteiger partial charge on any atom is 0.257 e. The lowest BCUT2D eigenvalue weighted by Crippen LogP contribution is -2.52. The molecule has 0 spiro atoms. The van der Waals surface area contributed by atoms with Crippen molar-refractivity contribution in [3.05, 3.63) is 29.8 Å². The highest BCUT2D eigenvalue weighted by Crippen LogP contribution is 2.20. The molecule has 7 heteroatoms. The first-order valence-electron chi connectivity index (χ1n) is 8.69. The van der Waals surface area contributed by atoms with Crippen LogP contribution >= 0.6 is 0 Å². The molecule has 0 saturated carbocycles. The highest BCUT2D eigenvalue weighted by molar-refractivity contribution is 5.97. The summed E-state index contributed by atoms with van der Waals surface area (Å²) >= 11 is 0. The van der Waals surface area contributed by atoms with E-state index < -0.39 is 0 Å². The van der Waals surface area contributed by atoms with Crippen molar-refractivity contribution in [3.8, 4) is 5.75 Å². The number of para-hydroxylation sites is 1. The second kappa shape index (κ2) is 8.31. The number of hydrogen-bond acceptors (Lipinski definition) is 5. The van der Waals surface area contributed by atoms with E-state index in [9.17, 15) is 9.59 Å². The van der Waals surface area contributed by atoms with Crippen LogP contribution in [0.1, 0.15) is 10.4 Å². The van der Waals surface area contributed by atoms with Crippen LogP contribution in [0.5, 0.6) is 5.75 Å². The third kappa shape index (κ3) is 4.29. The number of nitrogens with zero attached hydrogens (tertiary/aromatic N) is 3. The maximum atomic E-state index is 12.7. The van der Waals surface area contributed by atoms with E-state index in [1.165, 1.54) is 0 Å². The van der Waals surface area contributed by atoms with E-state index in [0.717, 1.165) is 0 Å². The normalized spacial score (nSPS) is 18.9. The van der Waals surface area contributed by atoms with Gasteiger partial charge in [-0.05, 0) is 12.1 Å². The molecule has 0 aromatic heterocycles. The van der Waals surface area contributed by atoms with Crippen molar-refractivity contribution in [1.29, 1.82) is 0 Å². The summed E-state index contributed by atoms with van der Waals surface area (Å²) in [5, 5.41) is 0. The maximum absolute atomic E-state index is 12.7. The predicted octanol–water partition coefficient (Wildman–Crippen LogP) is 0.312. The molecule has 1 aromatic rings. The first kappa shape index (κ1) is 17.7. The molecule has 136 valence electrons. The first-order valence-corrected chi connectivity index (χ1v) is 8.69. The Kier molecular flexibility index (Phi) is 5.88. The van der Waals surface area contributed by atoms with E-state index in [0.29, 0.717) is 70.3 Å². The molecule has 2 fully saturated rings. The number of piperazine rings is 1. The lowest BCUT2D eigenvalue weighted by Gasteiger charge is -2.36. The summed E-state index contributed by atoms with van der Waals surface area (Å²) < 4.78 is 10.6. The van der Waals surface area contributed by atoms with Gasteiger partial charge in [0.1, 0.15) is 5.75 Å². The third-order valence-electron chi connectivity index (χ3n) is 4.72. The quantitative estimate of drug-likeness (QED) is 0.785. The Morgan fingerprint density at radius 2 is 1.68 bits per heavy atom. The monoisotopic (exact) mass is 347 g/mol. The molecule has 2 aliphatic rings. The molecule has 3 rings (SSSR count). The van der Waals surface area contributed by atoms with Crippen molar-refractivity contribution in [2.24, 2.45) is 0 Å². The van der Waals surface area contributed by atoms with Crippen molar-refractivity contribution in [1.82, 2.24) is 14.7 Å². The van der Waals surface area contributed by atoms with Crippen LogP contribution in [0.4, 0.5) is 0 Å². The topological polar surface area (TPSA) is 62.3 Å². The van der Waals surface area contributed by atoms with Gasteiger partial charge < -0.3 is 19.3 Å². The Morgan fingerprint density at radius 1 is 1.00 bits per heavy atom. The van der Waals surface area contributed by atoms with Crippen molar-refractivity contribution >= 4 is 11.8 Å². The summed E-state index contributed by atoms with van der Waals surface area (Å²) in [6, 6.07) is 7.28. The number of amides is 2. The minimum Gasteiger partial charge on any atom is -0.496 e. The molecule has 2 aliphatic heterocycles. The molecule has 25 heavy (non-hydrogen) atoms. The molecular weight excluding hydrogens is 322 g/mol. The second-order valence-corrected chi connectivity index (χ2v) is 6.26. The van der Waals surface area contributed by atoms with Crippen molar-refractivity contribution in [3.63, 3.8) is 0 Å². The number of methoxy groups -OCH3 is 1. The molecule has 2 saturated heterocycles. The van der Waals surface area contributed by atoms with Gasteiger partial charge in [0, 0.05) is 39.3 Å². The average Bonchev–Trinajstić information content (AvgIpc) is 2.68. The molecule has 0 unspecified atom stereocenters. The Morgan fingerprint density at radius 3 is 2.36 bits per heavy atom.